The first-order chi connectivity index (χ1) is 25.8. The van der Waals surface area contributed by atoms with Crippen LogP contribution in [0.1, 0.15) is 0 Å². The van der Waals surface area contributed by atoms with Gasteiger partial charge in [0.1, 0.15) is 0 Å². The van der Waals surface area contributed by atoms with Gasteiger partial charge in [0.15, 0.2) is 5.82 Å². The molecule has 0 saturated heterocycles. The summed E-state index contributed by atoms with van der Waals surface area (Å²) < 4.78 is 0. The number of benzene rings is 7. The fourth-order valence-electron chi connectivity index (χ4n) is 7.61. The van der Waals surface area contributed by atoms with Crippen molar-refractivity contribution in [3.05, 3.63) is 183 Å². The lowest BCUT2D eigenvalue weighted by Crippen LogP contribution is -1.97. The predicted molar refractivity (Wildman–Crippen MR) is 214 cm³/mol. The monoisotopic (exact) mass is 662 g/mol. The molecule has 0 aliphatic rings. The van der Waals surface area contributed by atoms with Crippen molar-refractivity contribution >= 4 is 32.3 Å². The Balaban J connectivity index is 1.15. The van der Waals surface area contributed by atoms with Gasteiger partial charge in [-0.2, -0.15) is 0 Å². The van der Waals surface area contributed by atoms with Gasteiger partial charge in [0.05, 0.1) is 11.4 Å². The standard InChI is InChI=1S/C48H30N4/c1-2-9-31(10-3-1)39-21-17-32-20-24-43-40(22-18-33-19-23-42(39)46(32)47(33)43)34-11-6-12-35(27-34)44-28-45(52-48(51-44)37-14-8-26-50-30-37)41-16-5-4-15-38(41)36-13-7-25-49-29-36/h1-30H. The molecule has 7 aromatic carbocycles. The molecule has 52 heavy (non-hydrogen) atoms. The van der Waals surface area contributed by atoms with Crippen molar-refractivity contribution in [2.75, 3.05) is 0 Å². The summed E-state index contributed by atoms with van der Waals surface area (Å²) in [5.41, 5.74) is 11.5. The Morgan fingerprint density at radius 3 is 1.58 bits per heavy atom. The molecule has 0 unspecified atom stereocenters. The number of rotatable bonds is 6. The third-order valence-electron chi connectivity index (χ3n) is 10.0. The van der Waals surface area contributed by atoms with Gasteiger partial charge in [-0.25, -0.2) is 9.97 Å². The number of hydrogen-bond donors (Lipinski definition) is 0. The molecule has 0 aliphatic carbocycles. The summed E-state index contributed by atoms with van der Waals surface area (Å²) in [5.74, 6) is 0.629. The minimum absolute atomic E-state index is 0.629. The zero-order valence-corrected chi connectivity index (χ0v) is 28.1. The molecular weight excluding hydrogens is 633 g/mol. The molecule has 0 atom stereocenters. The first kappa shape index (κ1) is 29.8. The molecule has 0 spiro atoms. The molecule has 0 bridgehead atoms. The normalized spacial score (nSPS) is 11.5. The van der Waals surface area contributed by atoms with Crippen molar-refractivity contribution in [2.45, 2.75) is 0 Å². The Morgan fingerprint density at radius 2 is 0.885 bits per heavy atom. The minimum atomic E-state index is 0.629. The maximum atomic E-state index is 5.14. The highest BCUT2D eigenvalue weighted by molar-refractivity contribution is 6.27. The van der Waals surface area contributed by atoms with Crippen molar-refractivity contribution in [1.82, 2.24) is 19.9 Å². The smallest absolute Gasteiger partial charge is 0.161 e. The molecule has 0 radical (unpaired) electrons. The van der Waals surface area contributed by atoms with E-state index in [1.807, 2.05) is 30.6 Å². The lowest BCUT2D eigenvalue weighted by atomic mass is 9.87. The number of hydrogen-bond acceptors (Lipinski definition) is 4. The van der Waals surface area contributed by atoms with Crippen LogP contribution in [-0.4, -0.2) is 19.9 Å². The van der Waals surface area contributed by atoms with Crippen LogP contribution in [0.2, 0.25) is 0 Å². The van der Waals surface area contributed by atoms with Crippen molar-refractivity contribution in [3.63, 3.8) is 0 Å². The molecule has 0 N–H and O–H groups in total. The van der Waals surface area contributed by atoms with Crippen molar-refractivity contribution < 1.29 is 0 Å². The van der Waals surface area contributed by atoms with Gasteiger partial charge in [-0.1, -0.05) is 127 Å². The molecular formula is C48H30N4. The van der Waals surface area contributed by atoms with Gasteiger partial charge >= 0.3 is 0 Å². The molecule has 0 amide bonds. The van der Waals surface area contributed by atoms with Crippen LogP contribution in [0.15, 0.2) is 183 Å². The van der Waals surface area contributed by atoms with Crippen molar-refractivity contribution in [2.24, 2.45) is 0 Å². The van der Waals surface area contributed by atoms with E-state index >= 15 is 0 Å². The Bertz CT molecular complexity index is 2890. The maximum Gasteiger partial charge on any atom is 0.161 e. The summed E-state index contributed by atoms with van der Waals surface area (Å²) in [6.45, 7) is 0. The van der Waals surface area contributed by atoms with Gasteiger partial charge < -0.3 is 0 Å². The van der Waals surface area contributed by atoms with E-state index in [1.54, 1.807) is 12.4 Å². The second-order valence-corrected chi connectivity index (χ2v) is 13.1. The number of pyridine rings is 2. The van der Waals surface area contributed by atoms with Gasteiger partial charge in [0, 0.05) is 47.0 Å². The van der Waals surface area contributed by atoms with Crippen LogP contribution in [0.5, 0.6) is 0 Å². The molecule has 0 aliphatic heterocycles. The largest absolute Gasteiger partial charge is 0.264 e. The summed E-state index contributed by atoms with van der Waals surface area (Å²) >= 11 is 0. The maximum absolute atomic E-state index is 5.14. The van der Waals surface area contributed by atoms with Crippen LogP contribution >= 0.6 is 0 Å². The first-order valence-electron chi connectivity index (χ1n) is 17.4. The molecule has 242 valence electrons. The fraction of sp³-hybridized carbons (Fsp3) is 0. The molecule has 0 saturated carbocycles. The summed E-state index contributed by atoms with van der Waals surface area (Å²) in [6.07, 6.45) is 7.28. The van der Waals surface area contributed by atoms with E-state index in [1.165, 1.54) is 49.0 Å². The Labute approximate surface area is 301 Å². The molecule has 4 nitrogen and oxygen atoms in total. The molecule has 10 aromatic rings. The highest BCUT2D eigenvalue weighted by atomic mass is 14.9. The van der Waals surface area contributed by atoms with Gasteiger partial charge in [-0.05, 0) is 90.5 Å². The second-order valence-electron chi connectivity index (χ2n) is 13.1. The van der Waals surface area contributed by atoms with Gasteiger partial charge in [-0.15, -0.1) is 0 Å². The quantitative estimate of drug-likeness (QED) is 0.166. The van der Waals surface area contributed by atoms with Crippen LogP contribution in [0.25, 0.3) is 99.6 Å². The third kappa shape index (κ3) is 5.09. The number of aromatic nitrogens is 4. The number of nitrogens with zero attached hydrogens (tertiary/aromatic N) is 4. The molecule has 0 fully saturated rings. The average Bonchev–Trinajstić information content (AvgIpc) is 3.23. The highest BCUT2D eigenvalue weighted by Gasteiger charge is 2.17. The lowest BCUT2D eigenvalue weighted by Gasteiger charge is -2.17. The van der Waals surface area contributed by atoms with E-state index in [9.17, 15) is 0 Å². The van der Waals surface area contributed by atoms with E-state index in [0.29, 0.717) is 5.82 Å². The Kier molecular flexibility index (Phi) is 7.10. The van der Waals surface area contributed by atoms with Crippen molar-refractivity contribution in [3.8, 4) is 67.3 Å². The topological polar surface area (TPSA) is 51.6 Å². The summed E-state index contributed by atoms with van der Waals surface area (Å²) in [5, 5.41) is 7.61. The summed E-state index contributed by atoms with van der Waals surface area (Å²) in [6, 6.07) is 56.0. The Hall–Kier alpha value is -7.04. The van der Waals surface area contributed by atoms with Gasteiger partial charge in [-0.3, -0.25) is 9.97 Å². The zero-order chi connectivity index (χ0) is 34.4. The van der Waals surface area contributed by atoms with Crippen LogP contribution in [0.4, 0.5) is 0 Å². The van der Waals surface area contributed by atoms with E-state index in [4.69, 9.17) is 9.97 Å². The summed E-state index contributed by atoms with van der Waals surface area (Å²) in [7, 11) is 0. The van der Waals surface area contributed by atoms with Gasteiger partial charge in [0.2, 0.25) is 0 Å². The van der Waals surface area contributed by atoms with Crippen molar-refractivity contribution in [1.29, 1.82) is 0 Å². The summed E-state index contributed by atoms with van der Waals surface area (Å²) in [4.78, 5) is 19.0. The van der Waals surface area contributed by atoms with E-state index in [-0.39, 0.29) is 0 Å². The zero-order valence-electron chi connectivity index (χ0n) is 28.1. The lowest BCUT2D eigenvalue weighted by molar-refractivity contribution is 1.17. The second kappa shape index (κ2) is 12.4. The molecule has 3 aromatic heterocycles. The molecule has 3 heterocycles. The average molecular weight is 663 g/mol. The van der Waals surface area contributed by atoms with Crippen LogP contribution in [-0.2, 0) is 0 Å². The first-order valence-corrected chi connectivity index (χ1v) is 17.4. The van der Waals surface area contributed by atoms with Crippen LogP contribution in [0.3, 0.4) is 0 Å². The van der Waals surface area contributed by atoms with Crippen LogP contribution in [0, 0.1) is 0 Å². The fourth-order valence-corrected chi connectivity index (χ4v) is 7.61. The third-order valence-corrected chi connectivity index (χ3v) is 10.0. The Morgan fingerprint density at radius 1 is 0.327 bits per heavy atom. The molecule has 10 rings (SSSR count). The minimum Gasteiger partial charge on any atom is -0.264 e. The SMILES string of the molecule is c1ccc(-c2ccc3ccc4c(-c5cccc(-c6cc(-c7ccccc7-c7cccnc7)nc(-c7cccnc7)n6)c5)ccc5ccc2c3c54)cc1. The highest BCUT2D eigenvalue weighted by Crippen LogP contribution is 2.43. The van der Waals surface area contributed by atoms with Gasteiger partial charge in [0.25, 0.3) is 0 Å². The van der Waals surface area contributed by atoms with E-state index < -0.39 is 0 Å². The predicted octanol–water partition coefficient (Wildman–Crippen LogP) is 12.2. The van der Waals surface area contributed by atoms with E-state index in [2.05, 4.69) is 149 Å². The van der Waals surface area contributed by atoms with E-state index in [0.717, 1.165) is 44.8 Å². The molecule has 4 heteroatoms. The van der Waals surface area contributed by atoms with Crippen LogP contribution < -0.4 is 0 Å².